The van der Waals surface area contributed by atoms with Crippen molar-refractivity contribution in [2.75, 3.05) is 25.2 Å². The van der Waals surface area contributed by atoms with Crippen molar-refractivity contribution in [2.24, 2.45) is 0 Å². The fraction of sp³-hybridized carbons (Fsp3) is 0.750. The van der Waals surface area contributed by atoms with Crippen LogP contribution >= 0.6 is 11.8 Å². The van der Waals surface area contributed by atoms with E-state index in [9.17, 15) is 4.79 Å². The van der Waals surface area contributed by atoms with E-state index in [2.05, 4.69) is 5.32 Å². The Balaban J connectivity index is 2.30. The Labute approximate surface area is 102 Å². The zero-order valence-electron chi connectivity index (χ0n) is 10.1. The first-order valence-electron chi connectivity index (χ1n) is 5.86. The van der Waals surface area contributed by atoms with Crippen LogP contribution in [0.1, 0.15) is 26.2 Å². The number of esters is 1. The third-order valence-electron chi connectivity index (χ3n) is 2.74. The Bertz CT molecular complexity index is 247. The van der Waals surface area contributed by atoms with E-state index in [1.165, 1.54) is 31.5 Å². The third kappa shape index (κ3) is 4.58. The van der Waals surface area contributed by atoms with Crippen LogP contribution in [0.3, 0.4) is 0 Å². The standard InChI is InChI=1S/C12H21NO2S/c1-3-10(12(14)15-2)6-7-13-11-5-4-8-16-9-11/h6,11,13H,3-5,7-9H2,1-2H3. The second-order valence-electron chi connectivity index (χ2n) is 3.90. The topological polar surface area (TPSA) is 38.3 Å². The van der Waals surface area contributed by atoms with Crippen LogP contribution in [-0.2, 0) is 9.53 Å². The molecule has 0 aromatic carbocycles. The van der Waals surface area contributed by atoms with E-state index in [0.717, 1.165) is 18.5 Å². The highest BCUT2D eigenvalue weighted by Gasteiger charge is 2.12. The van der Waals surface area contributed by atoms with Gasteiger partial charge in [-0.3, -0.25) is 0 Å². The van der Waals surface area contributed by atoms with E-state index in [-0.39, 0.29) is 5.97 Å². The zero-order valence-corrected chi connectivity index (χ0v) is 10.9. The maximum Gasteiger partial charge on any atom is 0.333 e. The number of hydrogen-bond acceptors (Lipinski definition) is 4. The zero-order chi connectivity index (χ0) is 11.8. The Kier molecular flexibility index (Phi) is 6.57. The summed E-state index contributed by atoms with van der Waals surface area (Å²) in [5.41, 5.74) is 0.762. The van der Waals surface area contributed by atoms with Crippen molar-refractivity contribution in [2.45, 2.75) is 32.2 Å². The molecule has 1 atom stereocenters. The lowest BCUT2D eigenvalue weighted by Crippen LogP contribution is -2.34. The molecule has 4 heteroatoms. The molecule has 0 radical (unpaired) electrons. The SMILES string of the molecule is CCC(=CCNC1CCCSC1)C(=O)OC. The minimum Gasteiger partial charge on any atom is -0.466 e. The van der Waals surface area contributed by atoms with Gasteiger partial charge in [0.2, 0.25) is 0 Å². The number of carbonyl (C=O) groups excluding carboxylic acids is 1. The predicted molar refractivity (Wildman–Crippen MR) is 68.7 cm³/mol. The van der Waals surface area contributed by atoms with Crippen molar-refractivity contribution in [1.82, 2.24) is 5.32 Å². The Morgan fingerprint density at radius 3 is 3.00 bits per heavy atom. The summed E-state index contributed by atoms with van der Waals surface area (Å²) in [6.45, 7) is 2.74. The number of methoxy groups -OCH3 is 1. The smallest absolute Gasteiger partial charge is 0.333 e. The van der Waals surface area contributed by atoms with Crippen molar-refractivity contribution in [3.63, 3.8) is 0 Å². The largest absolute Gasteiger partial charge is 0.466 e. The van der Waals surface area contributed by atoms with Gasteiger partial charge in [-0.1, -0.05) is 13.0 Å². The molecule has 0 saturated carbocycles. The number of carbonyl (C=O) groups is 1. The summed E-state index contributed by atoms with van der Waals surface area (Å²) in [7, 11) is 1.43. The van der Waals surface area contributed by atoms with Crippen LogP contribution < -0.4 is 5.32 Å². The number of nitrogens with one attached hydrogen (secondary N) is 1. The van der Waals surface area contributed by atoms with E-state index < -0.39 is 0 Å². The first kappa shape index (κ1) is 13.6. The maximum atomic E-state index is 11.3. The van der Waals surface area contributed by atoms with Gasteiger partial charge >= 0.3 is 5.97 Å². The lowest BCUT2D eigenvalue weighted by molar-refractivity contribution is -0.136. The molecule has 0 amide bonds. The van der Waals surface area contributed by atoms with Gasteiger partial charge in [-0.2, -0.15) is 11.8 Å². The summed E-state index contributed by atoms with van der Waals surface area (Å²) in [6.07, 6.45) is 5.23. The minimum atomic E-state index is -0.206. The molecule has 0 spiro atoms. The van der Waals surface area contributed by atoms with Crippen LogP contribution in [0, 0.1) is 0 Å². The van der Waals surface area contributed by atoms with Gasteiger partial charge in [-0.25, -0.2) is 4.79 Å². The molecule has 92 valence electrons. The molecule has 16 heavy (non-hydrogen) atoms. The lowest BCUT2D eigenvalue weighted by Gasteiger charge is -2.21. The molecule has 0 aliphatic carbocycles. The minimum absolute atomic E-state index is 0.206. The first-order valence-corrected chi connectivity index (χ1v) is 7.01. The van der Waals surface area contributed by atoms with E-state index in [1.54, 1.807) is 0 Å². The number of thioether (sulfide) groups is 1. The first-order chi connectivity index (χ1) is 7.77. The van der Waals surface area contributed by atoms with Crippen LogP contribution in [-0.4, -0.2) is 37.2 Å². The van der Waals surface area contributed by atoms with Crippen LogP contribution in [0.15, 0.2) is 11.6 Å². The molecule has 1 unspecified atom stereocenters. The van der Waals surface area contributed by atoms with Crippen molar-refractivity contribution in [3.05, 3.63) is 11.6 Å². The van der Waals surface area contributed by atoms with E-state index >= 15 is 0 Å². The van der Waals surface area contributed by atoms with Gasteiger partial charge in [0, 0.05) is 23.9 Å². The highest BCUT2D eigenvalue weighted by molar-refractivity contribution is 7.99. The van der Waals surface area contributed by atoms with Crippen LogP contribution in [0.2, 0.25) is 0 Å². The highest BCUT2D eigenvalue weighted by Crippen LogP contribution is 2.16. The highest BCUT2D eigenvalue weighted by atomic mass is 32.2. The van der Waals surface area contributed by atoms with Crippen molar-refractivity contribution in [1.29, 1.82) is 0 Å². The van der Waals surface area contributed by atoms with Crippen LogP contribution in [0.25, 0.3) is 0 Å². The molecule has 0 bridgehead atoms. The average molecular weight is 243 g/mol. The van der Waals surface area contributed by atoms with Crippen LogP contribution in [0.4, 0.5) is 0 Å². The molecule has 0 aromatic rings. The molecule has 1 aliphatic heterocycles. The lowest BCUT2D eigenvalue weighted by atomic mass is 10.1. The van der Waals surface area contributed by atoms with Gasteiger partial charge in [0.15, 0.2) is 0 Å². The molecular weight excluding hydrogens is 222 g/mol. The summed E-state index contributed by atoms with van der Waals surface area (Å²) in [4.78, 5) is 11.3. The van der Waals surface area contributed by atoms with Gasteiger partial charge in [-0.05, 0) is 25.0 Å². The quantitative estimate of drug-likeness (QED) is 0.592. The van der Waals surface area contributed by atoms with Crippen molar-refractivity contribution < 1.29 is 9.53 Å². The van der Waals surface area contributed by atoms with Gasteiger partial charge in [-0.15, -0.1) is 0 Å². The maximum absolute atomic E-state index is 11.3. The molecule has 1 aliphatic rings. The van der Waals surface area contributed by atoms with E-state index in [4.69, 9.17) is 4.74 Å². The van der Waals surface area contributed by atoms with Crippen LogP contribution in [0.5, 0.6) is 0 Å². The fourth-order valence-corrected chi connectivity index (χ4v) is 2.86. The molecule has 3 nitrogen and oxygen atoms in total. The number of hydrogen-bond donors (Lipinski definition) is 1. The monoisotopic (exact) mass is 243 g/mol. The van der Waals surface area contributed by atoms with Gasteiger partial charge < -0.3 is 10.1 Å². The molecule has 1 fully saturated rings. The predicted octanol–water partition coefficient (Wildman–Crippen LogP) is 1.98. The second kappa shape index (κ2) is 7.74. The Morgan fingerprint density at radius 2 is 2.44 bits per heavy atom. The molecule has 1 rings (SSSR count). The van der Waals surface area contributed by atoms with Crippen molar-refractivity contribution in [3.8, 4) is 0 Å². The third-order valence-corrected chi connectivity index (χ3v) is 3.96. The number of ether oxygens (including phenoxy) is 1. The number of rotatable bonds is 5. The molecule has 1 N–H and O–H groups in total. The van der Waals surface area contributed by atoms with E-state index in [1.807, 2.05) is 24.8 Å². The fourth-order valence-electron chi connectivity index (χ4n) is 1.75. The summed E-state index contributed by atoms with van der Waals surface area (Å²) in [6, 6.07) is 0.603. The average Bonchev–Trinajstić information content (AvgIpc) is 2.35. The van der Waals surface area contributed by atoms with E-state index in [0.29, 0.717) is 6.04 Å². The summed E-state index contributed by atoms with van der Waals surface area (Å²) in [5, 5.41) is 3.46. The molecular formula is C12H21NO2S. The Morgan fingerprint density at radius 1 is 1.62 bits per heavy atom. The summed E-state index contributed by atoms with van der Waals surface area (Å²) in [5.74, 6) is 2.27. The Hall–Kier alpha value is -0.480. The molecule has 1 heterocycles. The second-order valence-corrected chi connectivity index (χ2v) is 5.05. The van der Waals surface area contributed by atoms with Gasteiger partial charge in [0.05, 0.1) is 7.11 Å². The van der Waals surface area contributed by atoms with Gasteiger partial charge in [0.25, 0.3) is 0 Å². The summed E-state index contributed by atoms with van der Waals surface area (Å²) >= 11 is 2.00. The molecule has 1 saturated heterocycles. The normalized spacial score (nSPS) is 21.9. The molecule has 0 aromatic heterocycles. The van der Waals surface area contributed by atoms with Crippen molar-refractivity contribution >= 4 is 17.7 Å². The summed E-state index contributed by atoms with van der Waals surface area (Å²) < 4.78 is 4.71. The van der Waals surface area contributed by atoms with Gasteiger partial charge in [0.1, 0.15) is 0 Å².